The number of nitrogens with one attached hydrogen (secondary N) is 1. The number of amides is 1. The van der Waals surface area contributed by atoms with Crippen LogP contribution in [0.2, 0.25) is 5.02 Å². The zero-order chi connectivity index (χ0) is 19.4. The second-order valence-electron chi connectivity index (χ2n) is 6.35. The Morgan fingerprint density at radius 2 is 2.11 bits per heavy atom. The number of aliphatic imine (C=N–C) groups is 1. The summed E-state index contributed by atoms with van der Waals surface area (Å²) >= 11 is 7.63. The fourth-order valence-corrected chi connectivity index (χ4v) is 3.52. The molecule has 0 saturated carbocycles. The van der Waals surface area contributed by atoms with Crippen molar-refractivity contribution < 1.29 is 9.53 Å². The third-order valence-electron chi connectivity index (χ3n) is 4.04. The van der Waals surface area contributed by atoms with Gasteiger partial charge in [0.1, 0.15) is 5.75 Å². The van der Waals surface area contributed by atoms with E-state index in [2.05, 4.69) is 17.2 Å². The SMILES string of the molecule is CC[C@@H](C)Oc1ccc(/C=C2\SC(=Nc3cccc(C)c3)NC2=O)cc1Cl. The van der Waals surface area contributed by atoms with E-state index < -0.39 is 0 Å². The Labute approximate surface area is 168 Å². The number of aryl methyl sites for hydroxylation is 1. The van der Waals surface area contributed by atoms with Gasteiger partial charge in [0.25, 0.3) is 5.91 Å². The molecule has 140 valence electrons. The third kappa shape index (κ3) is 5.15. The molecule has 2 aromatic rings. The predicted molar refractivity (Wildman–Crippen MR) is 114 cm³/mol. The van der Waals surface area contributed by atoms with Gasteiger partial charge in [-0.1, -0.05) is 36.7 Å². The molecule has 2 aromatic carbocycles. The first-order valence-corrected chi connectivity index (χ1v) is 9.96. The standard InChI is InChI=1S/C21H21ClN2O2S/c1-4-14(3)26-18-9-8-15(11-17(18)22)12-19-20(25)24-21(27-19)23-16-7-5-6-13(2)10-16/h5-12,14H,4H2,1-3H3,(H,23,24,25)/b19-12-/t14-/m1/s1. The van der Waals surface area contributed by atoms with Gasteiger partial charge in [-0.2, -0.15) is 0 Å². The zero-order valence-electron chi connectivity index (χ0n) is 15.5. The number of thioether (sulfide) groups is 1. The molecule has 4 nitrogen and oxygen atoms in total. The van der Waals surface area contributed by atoms with Crippen molar-refractivity contribution in [2.24, 2.45) is 4.99 Å². The van der Waals surface area contributed by atoms with Crippen LogP contribution in [0.3, 0.4) is 0 Å². The summed E-state index contributed by atoms with van der Waals surface area (Å²) in [4.78, 5) is 17.3. The quantitative estimate of drug-likeness (QED) is 0.653. The molecular formula is C21H21ClN2O2S. The number of hydrogen-bond donors (Lipinski definition) is 1. The number of ether oxygens (including phenoxy) is 1. The largest absolute Gasteiger partial charge is 0.489 e. The molecule has 1 fully saturated rings. The van der Waals surface area contributed by atoms with Crippen LogP contribution in [-0.4, -0.2) is 17.2 Å². The summed E-state index contributed by atoms with van der Waals surface area (Å²) in [7, 11) is 0. The second-order valence-corrected chi connectivity index (χ2v) is 7.79. The molecule has 1 amide bonds. The van der Waals surface area contributed by atoms with E-state index in [0.717, 1.165) is 23.2 Å². The van der Waals surface area contributed by atoms with Crippen molar-refractivity contribution in [2.75, 3.05) is 0 Å². The van der Waals surface area contributed by atoms with Gasteiger partial charge in [0.05, 0.1) is 21.7 Å². The number of carbonyl (C=O) groups is 1. The lowest BCUT2D eigenvalue weighted by Gasteiger charge is -2.14. The van der Waals surface area contributed by atoms with Crippen molar-refractivity contribution >= 4 is 46.2 Å². The van der Waals surface area contributed by atoms with Crippen LogP contribution in [-0.2, 0) is 4.79 Å². The summed E-state index contributed by atoms with van der Waals surface area (Å²) in [5.41, 5.74) is 2.77. The number of carbonyl (C=O) groups excluding carboxylic acids is 1. The minimum absolute atomic E-state index is 0.100. The van der Waals surface area contributed by atoms with Crippen molar-refractivity contribution in [3.8, 4) is 5.75 Å². The molecule has 1 aliphatic heterocycles. The average molecular weight is 401 g/mol. The van der Waals surface area contributed by atoms with Crippen LogP contribution in [0.25, 0.3) is 6.08 Å². The monoisotopic (exact) mass is 400 g/mol. The Hall–Kier alpha value is -2.24. The molecule has 27 heavy (non-hydrogen) atoms. The minimum atomic E-state index is -0.164. The summed E-state index contributed by atoms with van der Waals surface area (Å²) in [6, 6.07) is 13.4. The van der Waals surface area contributed by atoms with Gasteiger partial charge in [0.15, 0.2) is 5.17 Å². The lowest BCUT2D eigenvalue weighted by Crippen LogP contribution is -2.19. The number of halogens is 1. The van der Waals surface area contributed by atoms with Gasteiger partial charge in [-0.25, -0.2) is 4.99 Å². The molecule has 3 rings (SSSR count). The molecule has 0 radical (unpaired) electrons. The molecule has 1 heterocycles. The van der Waals surface area contributed by atoms with Crippen LogP contribution in [0.4, 0.5) is 5.69 Å². The van der Waals surface area contributed by atoms with Crippen LogP contribution >= 0.6 is 23.4 Å². The van der Waals surface area contributed by atoms with E-state index in [9.17, 15) is 4.79 Å². The van der Waals surface area contributed by atoms with E-state index in [1.807, 2.05) is 50.2 Å². The maximum Gasteiger partial charge on any atom is 0.264 e. The van der Waals surface area contributed by atoms with Crippen LogP contribution in [0.15, 0.2) is 52.4 Å². The van der Waals surface area contributed by atoms with E-state index >= 15 is 0 Å². The molecular weight excluding hydrogens is 380 g/mol. The summed E-state index contributed by atoms with van der Waals surface area (Å²) in [6.45, 7) is 6.07. The highest BCUT2D eigenvalue weighted by Gasteiger charge is 2.24. The van der Waals surface area contributed by atoms with Gasteiger partial charge < -0.3 is 10.1 Å². The lowest BCUT2D eigenvalue weighted by molar-refractivity contribution is -0.115. The Morgan fingerprint density at radius 3 is 2.81 bits per heavy atom. The Balaban J connectivity index is 1.77. The molecule has 1 saturated heterocycles. The number of amidine groups is 1. The molecule has 6 heteroatoms. The van der Waals surface area contributed by atoms with Gasteiger partial charge in [0, 0.05) is 0 Å². The maximum absolute atomic E-state index is 12.2. The van der Waals surface area contributed by atoms with Crippen molar-refractivity contribution in [2.45, 2.75) is 33.3 Å². The third-order valence-corrected chi connectivity index (χ3v) is 5.25. The maximum atomic E-state index is 12.2. The van der Waals surface area contributed by atoms with Crippen LogP contribution in [0.5, 0.6) is 5.75 Å². The molecule has 1 N–H and O–H groups in total. The van der Waals surface area contributed by atoms with Gasteiger partial charge in [-0.05, 0) is 73.5 Å². The van der Waals surface area contributed by atoms with Crippen molar-refractivity contribution in [3.63, 3.8) is 0 Å². The van der Waals surface area contributed by atoms with Gasteiger partial charge in [0.2, 0.25) is 0 Å². The van der Waals surface area contributed by atoms with Gasteiger partial charge >= 0.3 is 0 Å². The van der Waals surface area contributed by atoms with E-state index in [-0.39, 0.29) is 12.0 Å². The van der Waals surface area contributed by atoms with E-state index in [4.69, 9.17) is 16.3 Å². The van der Waals surface area contributed by atoms with Crippen molar-refractivity contribution in [3.05, 3.63) is 63.5 Å². The minimum Gasteiger partial charge on any atom is -0.489 e. The fourth-order valence-electron chi connectivity index (χ4n) is 2.45. The highest BCUT2D eigenvalue weighted by molar-refractivity contribution is 8.18. The van der Waals surface area contributed by atoms with Crippen LogP contribution in [0.1, 0.15) is 31.4 Å². The highest BCUT2D eigenvalue weighted by Crippen LogP contribution is 2.31. The fraction of sp³-hybridized carbons (Fsp3) is 0.238. The lowest BCUT2D eigenvalue weighted by atomic mass is 10.2. The van der Waals surface area contributed by atoms with Gasteiger partial charge in [-0.3, -0.25) is 4.79 Å². The van der Waals surface area contributed by atoms with Crippen molar-refractivity contribution in [1.29, 1.82) is 0 Å². The Bertz CT molecular complexity index is 924. The normalized spacial score (nSPS) is 18.0. The second kappa shape index (κ2) is 8.63. The summed E-state index contributed by atoms with van der Waals surface area (Å²) in [5.74, 6) is 0.487. The predicted octanol–water partition coefficient (Wildman–Crippen LogP) is 5.72. The number of benzene rings is 2. The molecule has 0 unspecified atom stereocenters. The number of hydrogen-bond acceptors (Lipinski definition) is 4. The molecule has 1 aliphatic rings. The first-order chi connectivity index (χ1) is 12.9. The zero-order valence-corrected chi connectivity index (χ0v) is 17.0. The number of nitrogens with zero attached hydrogens (tertiary/aromatic N) is 1. The molecule has 0 aromatic heterocycles. The molecule has 0 spiro atoms. The average Bonchev–Trinajstić information content (AvgIpc) is 2.96. The first kappa shape index (κ1) is 19.5. The number of rotatable bonds is 5. The topological polar surface area (TPSA) is 50.7 Å². The Kier molecular flexibility index (Phi) is 6.24. The van der Waals surface area contributed by atoms with E-state index in [1.165, 1.54) is 11.8 Å². The van der Waals surface area contributed by atoms with Gasteiger partial charge in [-0.15, -0.1) is 0 Å². The molecule has 0 bridgehead atoms. The summed E-state index contributed by atoms with van der Waals surface area (Å²) in [5, 5.41) is 3.90. The Morgan fingerprint density at radius 1 is 1.30 bits per heavy atom. The smallest absolute Gasteiger partial charge is 0.264 e. The summed E-state index contributed by atoms with van der Waals surface area (Å²) < 4.78 is 5.78. The molecule has 0 aliphatic carbocycles. The molecule has 1 atom stereocenters. The van der Waals surface area contributed by atoms with E-state index in [0.29, 0.717) is 20.8 Å². The highest BCUT2D eigenvalue weighted by atomic mass is 35.5. The van der Waals surface area contributed by atoms with Crippen molar-refractivity contribution in [1.82, 2.24) is 5.32 Å². The van der Waals surface area contributed by atoms with Crippen LogP contribution in [0, 0.1) is 6.92 Å². The first-order valence-electron chi connectivity index (χ1n) is 8.77. The summed E-state index contributed by atoms with van der Waals surface area (Å²) in [6.07, 6.45) is 2.81. The van der Waals surface area contributed by atoms with E-state index in [1.54, 1.807) is 12.1 Å². The van der Waals surface area contributed by atoms with Crippen LogP contribution < -0.4 is 10.1 Å².